The van der Waals surface area contributed by atoms with Crippen LogP contribution in [-0.4, -0.2) is 10.6 Å². The summed E-state index contributed by atoms with van der Waals surface area (Å²) in [4.78, 5) is 8.69. The smallest absolute Gasteiger partial charge is 0.306 e. The third kappa shape index (κ3) is 4.17. The third-order valence-electron chi connectivity index (χ3n) is 1.39. The van der Waals surface area contributed by atoms with E-state index in [0.717, 1.165) is 0 Å². The van der Waals surface area contributed by atoms with Crippen LogP contribution in [0.1, 0.15) is 5.56 Å². The molecule has 0 radical (unpaired) electrons. The maximum Gasteiger partial charge on any atom is 0.454 e. The zero-order chi connectivity index (χ0) is 11.3. The SMILES string of the molecule is N#C/C(=N/OP(=O)(O)S)c1ccccc1. The van der Waals surface area contributed by atoms with Crippen LogP contribution in [-0.2, 0) is 9.19 Å². The van der Waals surface area contributed by atoms with Crippen LogP contribution in [0.25, 0.3) is 0 Å². The summed E-state index contributed by atoms with van der Waals surface area (Å²) in [5.41, 5.74) is 0.417. The van der Waals surface area contributed by atoms with Crippen molar-refractivity contribution in [3.05, 3.63) is 35.9 Å². The second kappa shape index (κ2) is 4.99. The monoisotopic (exact) mass is 242 g/mol. The van der Waals surface area contributed by atoms with Gasteiger partial charge in [-0.1, -0.05) is 35.5 Å². The minimum absolute atomic E-state index is 0.0843. The van der Waals surface area contributed by atoms with Crippen molar-refractivity contribution in [3.63, 3.8) is 0 Å². The number of thiol groups is 1. The van der Waals surface area contributed by atoms with Crippen molar-refractivity contribution in [2.75, 3.05) is 0 Å². The van der Waals surface area contributed by atoms with Gasteiger partial charge in [0.1, 0.15) is 6.07 Å². The van der Waals surface area contributed by atoms with Gasteiger partial charge >= 0.3 is 6.80 Å². The number of oxime groups is 1. The topological polar surface area (TPSA) is 82.7 Å². The molecule has 7 heteroatoms. The van der Waals surface area contributed by atoms with E-state index in [9.17, 15) is 4.57 Å². The Hall–Kier alpha value is -1.28. The number of nitrogens with zero attached hydrogens (tertiary/aromatic N) is 2. The van der Waals surface area contributed by atoms with Crippen LogP contribution in [0.15, 0.2) is 35.5 Å². The van der Waals surface area contributed by atoms with Crippen molar-refractivity contribution < 1.29 is 14.1 Å². The summed E-state index contributed by atoms with van der Waals surface area (Å²) in [6, 6.07) is 10.2. The van der Waals surface area contributed by atoms with Gasteiger partial charge in [0.2, 0.25) is 0 Å². The summed E-state index contributed by atoms with van der Waals surface area (Å²) in [5, 5.41) is 12.0. The molecule has 15 heavy (non-hydrogen) atoms. The molecule has 78 valence electrons. The molecule has 1 rings (SSSR count). The Labute approximate surface area is 91.7 Å². The average molecular weight is 242 g/mol. The molecule has 1 N–H and O–H groups in total. The highest BCUT2D eigenvalue weighted by Crippen LogP contribution is 2.47. The highest BCUT2D eigenvalue weighted by Gasteiger charge is 2.13. The first kappa shape index (κ1) is 11.8. The molecular weight excluding hydrogens is 235 g/mol. The molecule has 0 aliphatic carbocycles. The van der Waals surface area contributed by atoms with Crippen LogP contribution in [0.5, 0.6) is 0 Å². The number of nitriles is 1. The molecule has 0 saturated carbocycles. The number of rotatable bonds is 3. The van der Waals surface area contributed by atoms with Gasteiger partial charge in [0.05, 0.1) is 0 Å². The minimum atomic E-state index is -4.00. The normalized spacial score (nSPS) is 15.1. The fourth-order valence-electron chi connectivity index (χ4n) is 0.828. The minimum Gasteiger partial charge on any atom is -0.306 e. The molecule has 0 saturated heterocycles. The standard InChI is InChI=1S/C8H7N2O3PS/c9-6-8(10-13-14(11,12)15)7-4-2-1-3-5-7/h1-5H,(H2,11,12,15)/b10-8-. The van der Waals surface area contributed by atoms with E-state index in [1.165, 1.54) is 0 Å². The second-order valence-electron chi connectivity index (χ2n) is 2.49. The Morgan fingerprint density at radius 1 is 1.53 bits per heavy atom. The fraction of sp³-hybridized carbons (Fsp3) is 0. The lowest BCUT2D eigenvalue weighted by Crippen LogP contribution is -1.97. The maximum atomic E-state index is 10.6. The van der Waals surface area contributed by atoms with Crippen LogP contribution in [0.4, 0.5) is 0 Å². The molecule has 0 aromatic heterocycles. The number of hydrogen-bond acceptors (Lipinski definition) is 4. The van der Waals surface area contributed by atoms with E-state index >= 15 is 0 Å². The van der Waals surface area contributed by atoms with Crippen LogP contribution in [0.3, 0.4) is 0 Å². The lowest BCUT2D eigenvalue weighted by atomic mass is 10.1. The third-order valence-corrected chi connectivity index (χ3v) is 1.91. The van der Waals surface area contributed by atoms with Crippen LogP contribution < -0.4 is 0 Å². The molecule has 0 aliphatic heterocycles. The van der Waals surface area contributed by atoms with Gasteiger partial charge in [-0.15, -0.1) is 0 Å². The molecule has 0 bridgehead atoms. The fourth-order valence-corrected chi connectivity index (χ4v) is 1.13. The molecule has 1 atom stereocenters. The van der Waals surface area contributed by atoms with E-state index < -0.39 is 6.80 Å². The summed E-state index contributed by atoms with van der Waals surface area (Å²) in [6.45, 7) is -4.00. The molecule has 0 aliphatic rings. The van der Waals surface area contributed by atoms with Crippen molar-refractivity contribution >= 4 is 24.8 Å². The molecule has 0 amide bonds. The Bertz CT molecular complexity index is 449. The van der Waals surface area contributed by atoms with E-state index in [2.05, 4.69) is 22.0 Å². The molecule has 0 spiro atoms. The van der Waals surface area contributed by atoms with Crippen molar-refractivity contribution in [2.24, 2.45) is 5.16 Å². The van der Waals surface area contributed by atoms with Crippen LogP contribution in [0, 0.1) is 11.3 Å². The predicted octanol–water partition coefficient (Wildman–Crippen LogP) is 1.96. The molecule has 0 fully saturated rings. The van der Waals surface area contributed by atoms with Gasteiger partial charge in [-0.3, -0.25) is 0 Å². The summed E-state index contributed by atoms with van der Waals surface area (Å²) in [7, 11) is 0. The van der Waals surface area contributed by atoms with E-state index in [4.69, 9.17) is 10.2 Å². The Kier molecular flexibility index (Phi) is 3.92. The van der Waals surface area contributed by atoms with E-state index in [1.54, 1.807) is 36.4 Å². The Balaban J connectivity index is 2.92. The van der Waals surface area contributed by atoms with E-state index in [1.807, 2.05) is 0 Å². The van der Waals surface area contributed by atoms with E-state index in [-0.39, 0.29) is 5.71 Å². The van der Waals surface area contributed by atoms with Crippen LogP contribution in [0.2, 0.25) is 0 Å². The van der Waals surface area contributed by atoms with Gasteiger partial charge in [-0.05, 0) is 12.2 Å². The second-order valence-corrected chi connectivity index (χ2v) is 5.15. The van der Waals surface area contributed by atoms with Crippen molar-refractivity contribution in [1.29, 1.82) is 5.26 Å². The maximum absolute atomic E-state index is 10.6. The zero-order valence-electron chi connectivity index (χ0n) is 7.44. The molecule has 1 unspecified atom stereocenters. The van der Waals surface area contributed by atoms with Crippen molar-refractivity contribution in [2.45, 2.75) is 0 Å². The van der Waals surface area contributed by atoms with Gasteiger partial charge in [-0.25, -0.2) is 4.57 Å². The predicted molar refractivity (Wildman–Crippen MR) is 58.5 cm³/mol. The van der Waals surface area contributed by atoms with Gasteiger partial charge in [0, 0.05) is 5.56 Å². The number of hydrogen-bond donors (Lipinski definition) is 2. The lowest BCUT2D eigenvalue weighted by Gasteiger charge is -2.01. The Morgan fingerprint density at radius 2 is 2.13 bits per heavy atom. The average Bonchev–Trinajstić information content (AvgIpc) is 2.19. The summed E-state index contributed by atoms with van der Waals surface area (Å²) < 4.78 is 14.8. The first-order valence-corrected chi connectivity index (χ1v) is 6.54. The molecule has 0 heterocycles. The first-order valence-electron chi connectivity index (χ1n) is 3.81. The van der Waals surface area contributed by atoms with Crippen molar-refractivity contribution in [1.82, 2.24) is 0 Å². The number of benzene rings is 1. The van der Waals surface area contributed by atoms with Gasteiger partial charge in [-0.2, -0.15) is 5.26 Å². The van der Waals surface area contributed by atoms with Gasteiger partial charge in [0.15, 0.2) is 5.71 Å². The zero-order valence-corrected chi connectivity index (χ0v) is 9.23. The summed E-state index contributed by atoms with van der Waals surface area (Å²) in [5.74, 6) is 0. The van der Waals surface area contributed by atoms with Gasteiger partial charge < -0.3 is 9.52 Å². The largest absolute Gasteiger partial charge is 0.454 e. The van der Waals surface area contributed by atoms with E-state index in [0.29, 0.717) is 5.56 Å². The van der Waals surface area contributed by atoms with Gasteiger partial charge in [0.25, 0.3) is 0 Å². The Morgan fingerprint density at radius 3 is 2.60 bits per heavy atom. The summed E-state index contributed by atoms with van der Waals surface area (Å²) in [6.07, 6.45) is 0. The first-order chi connectivity index (χ1) is 7.03. The summed E-state index contributed by atoms with van der Waals surface area (Å²) >= 11 is 3.25. The molecule has 1 aromatic carbocycles. The highest BCUT2D eigenvalue weighted by molar-refractivity contribution is 8.44. The molecular formula is C8H7N2O3PS. The lowest BCUT2D eigenvalue weighted by molar-refractivity contribution is 0.292. The van der Waals surface area contributed by atoms with Crippen LogP contribution >= 0.6 is 19.0 Å². The van der Waals surface area contributed by atoms with Crippen molar-refractivity contribution in [3.8, 4) is 6.07 Å². The quantitative estimate of drug-likeness (QED) is 0.367. The highest BCUT2D eigenvalue weighted by atomic mass is 32.7. The molecule has 5 nitrogen and oxygen atoms in total. The molecule has 1 aromatic rings.